The quantitative estimate of drug-likeness (QED) is 0.454. The van der Waals surface area contributed by atoms with E-state index in [-0.39, 0.29) is 11.5 Å². The fourth-order valence-corrected chi connectivity index (χ4v) is 3.21. The lowest BCUT2D eigenvalue weighted by molar-refractivity contribution is -0.111. The van der Waals surface area contributed by atoms with Gasteiger partial charge >= 0.3 is 0 Å². The first-order valence-corrected chi connectivity index (χ1v) is 10.1. The van der Waals surface area contributed by atoms with Crippen molar-refractivity contribution in [3.8, 4) is 23.3 Å². The number of ether oxygens (including phenoxy) is 1. The van der Waals surface area contributed by atoms with Crippen molar-refractivity contribution in [2.45, 2.75) is 13.8 Å². The molecule has 0 atom stereocenters. The summed E-state index contributed by atoms with van der Waals surface area (Å²) in [6.07, 6.45) is 3.14. The van der Waals surface area contributed by atoms with Crippen LogP contribution in [0.5, 0.6) is 11.5 Å². The Morgan fingerprint density at radius 3 is 2.64 bits per heavy atom. The molecule has 2 aromatic heterocycles. The summed E-state index contributed by atoms with van der Waals surface area (Å²) < 4.78 is 7.35. The summed E-state index contributed by atoms with van der Waals surface area (Å²) in [5.74, 6) is 6.36. The van der Waals surface area contributed by atoms with Gasteiger partial charge in [0, 0.05) is 36.1 Å². The lowest BCUT2D eigenvalue weighted by Crippen LogP contribution is -2.13. The molecule has 33 heavy (non-hydrogen) atoms. The molecule has 1 amide bonds. The normalized spacial score (nSPS) is 10.3. The maximum Gasteiger partial charge on any atom is 0.300 e. The van der Waals surface area contributed by atoms with Gasteiger partial charge in [0.15, 0.2) is 0 Å². The molecular formula is C25H21N5O3. The van der Waals surface area contributed by atoms with Crippen LogP contribution in [0.4, 0.5) is 17.2 Å². The number of anilines is 3. The van der Waals surface area contributed by atoms with E-state index in [2.05, 4.69) is 32.4 Å². The summed E-state index contributed by atoms with van der Waals surface area (Å²) in [4.78, 5) is 32.3. The van der Waals surface area contributed by atoms with Crippen molar-refractivity contribution < 1.29 is 9.53 Å². The molecule has 2 heterocycles. The van der Waals surface area contributed by atoms with E-state index in [0.717, 1.165) is 22.2 Å². The zero-order valence-corrected chi connectivity index (χ0v) is 18.3. The molecular weight excluding hydrogens is 418 g/mol. The monoisotopic (exact) mass is 439 g/mol. The summed E-state index contributed by atoms with van der Waals surface area (Å²) in [5, 5.41) is 6.79. The standard InChI is InChI=1S/C25H21N5O3/c1-4-5-23(31)28-18-6-8-21-20(13-18)25(27-15-26-21)29-17-7-9-22(16(2)12-17)33-19-10-11-30(3)24(32)14-19/h6-15H,1-3H3,(H,28,31)(H,26,27,29). The largest absolute Gasteiger partial charge is 0.457 e. The van der Waals surface area contributed by atoms with Gasteiger partial charge in [-0.2, -0.15) is 0 Å². The molecule has 0 bridgehead atoms. The Bertz CT molecular complexity index is 1480. The van der Waals surface area contributed by atoms with E-state index in [4.69, 9.17) is 4.74 Å². The molecule has 4 rings (SSSR count). The third-order valence-corrected chi connectivity index (χ3v) is 4.87. The summed E-state index contributed by atoms with van der Waals surface area (Å²) in [6, 6.07) is 14.2. The van der Waals surface area contributed by atoms with Gasteiger partial charge in [-0.15, -0.1) is 0 Å². The average Bonchev–Trinajstić information content (AvgIpc) is 2.78. The Hall–Kier alpha value is -4.64. The van der Waals surface area contributed by atoms with E-state index in [1.807, 2.05) is 31.2 Å². The van der Waals surface area contributed by atoms with E-state index in [1.54, 1.807) is 38.4 Å². The summed E-state index contributed by atoms with van der Waals surface area (Å²) >= 11 is 0. The highest BCUT2D eigenvalue weighted by molar-refractivity contribution is 6.05. The molecule has 8 nitrogen and oxygen atoms in total. The average molecular weight is 439 g/mol. The Balaban J connectivity index is 1.59. The minimum atomic E-state index is -0.384. The first-order valence-electron chi connectivity index (χ1n) is 10.1. The number of nitrogens with one attached hydrogen (secondary N) is 2. The fourth-order valence-electron chi connectivity index (χ4n) is 3.21. The van der Waals surface area contributed by atoms with Gasteiger partial charge < -0.3 is 19.9 Å². The Morgan fingerprint density at radius 2 is 1.88 bits per heavy atom. The molecule has 0 radical (unpaired) electrons. The second-order valence-corrected chi connectivity index (χ2v) is 7.30. The van der Waals surface area contributed by atoms with Gasteiger partial charge in [0.05, 0.1) is 5.52 Å². The molecule has 0 unspecified atom stereocenters. The first-order chi connectivity index (χ1) is 15.9. The number of benzene rings is 2. The number of rotatable bonds is 5. The lowest BCUT2D eigenvalue weighted by Gasteiger charge is -2.13. The molecule has 0 aliphatic rings. The smallest absolute Gasteiger partial charge is 0.300 e. The first kappa shape index (κ1) is 21.6. The van der Waals surface area contributed by atoms with Crippen LogP contribution in [0.15, 0.2) is 65.8 Å². The van der Waals surface area contributed by atoms with Gasteiger partial charge in [-0.25, -0.2) is 9.97 Å². The molecule has 0 aliphatic heterocycles. The van der Waals surface area contributed by atoms with Crippen molar-refractivity contribution in [2.75, 3.05) is 10.6 Å². The Labute approximate surface area is 190 Å². The van der Waals surface area contributed by atoms with E-state index >= 15 is 0 Å². The number of amides is 1. The minimum Gasteiger partial charge on any atom is -0.457 e. The molecule has 8 heteroatoms. The van der Waals surface area contributed by atoms with Crippen LogP contribution >= 0.6 is 0 Å². The van der Waals surface area contributed by atoms with E-state index in [0.29, 0.717) is 23.0 Å². The number of aromatic nitrogens is 3. The summed E-state index contributed by atoms with van der Waals surface area (Å²) in [5.41, 5.74) is 2.87. The number of nitrogens with zero attached hydrogens (tertiary/aromatic N) is 3. The topological polar surface area (TPSA) is 98.1 Å². The highest BCUT2D eigenvalue weighted by atomic mass is 16.5. The maximum atomic E-state index is 11.8. The van der Waals surface area contributed by atoms with Crippen molar-refractivity contribution in [1.29, 1.82) is 0 Å². The van der Waals surface area contributed by atoms with Gasteiger partial charge in [0.2, 0.25) is 0 Å². The van der Waals surface area contributed by atoms with Crippen molar-refractivity contribution in [1.82, 2.24) is 14.5 Å². The van der Waals surface area contributed by atoms with Gasteiger partial charge in [-0.3, -0.25) is 9.59 Å². The number of hydrogen-bond donors (Lipinski definition) is 2. The van der Waals surface area contributed by atoms with Crippen LogP contribution in [-0.4, -0.2) is 20.4 Å². The molecule has 2 aromatic carbocycles. The van der Waals surface area contributed by atoms with Crippen LogP contribution in [0.2, 0.25) is 0 Å². The molecule has 0 spiro atoms. The van der Waals surface area contributed by atoms with Crippen LogP contribution in [-0.2, 0) is 11.8 Å². The predicted molar refractivity (Wildman–Crippen MR) is 128 cm³/mol. The molecule has 0 saturated heterocycles. The second kappa shape index (κ2) is 9.24. The van der Waals surface area contributed by atoms with Gasteiger partial charge in [0.25, 0.3) is 11.5 Å². The number of carbonyl (C=O) groups is 1. The third-order valence-electron chi connectivity index (χ3n) is 4.87. The van der Waals surface area contributed by atoms with Crippen molar-refractivity contribution in [2.24, 2.45) is 7.05 Å². The molecule has 0 fully saturated rings. The van der Waals surface area contributed by atoms with E-state index in [9.17, 15) is 9.59 Å². The van der Waals surface area contributed by atoms with E-state index < -0.39 is 0 Å². The number of aryl methyl sites for hydroxylation is 2. The molecule has 0 aliphatic carbocycles. The molecule has 2 N–H and O–H groups in total. The minimum absolute atomic E-state index is 0.142. The van der Waals surface area contributed by atoms with Crippen LogP contribution < -0.4 is 20.9 Å². The Kier molecular flexibility index (Phi) is 6.04. The molecule has 164 valence electrons. The maximum absolute atomic E-state index is 11.8. The van der Waals surface area contributed by atoms with Crippen LogP contribution in [0.3, 0.4) is 0 Å². The highest BCUT2D eigenvalue weighted by Gasteiger charge is 2.09. The zero-order valence-electron chi connectivity index (χ0n) is 18.3. The third kappa shape index (κ3) is 4.99. The molecule has 4 aromatic rings. The van der Waals surface area contributed by atoms with Gasteiger partial charge in [-0.05, 0) is 67.8 Å². The van der Waals surface area contributed by atoms with Gasteiger partial charge in [-0.1, -0.05) is 5.92 Å². The zero-order chi connectivity index (χ0) is 23.4. The number of pyridine rings is 1. The number of hydrogen-bond acceptors (Lipinski definition) is 6. The van der Waals surface area contributed by atoms with Crippen molar-refractivity contribution >= 4 is 34.0 Å². The molecule has 0 saturated carbocycles. The second-order valence-electron chi connectivity index (χ2n) is 7.30. The number of fused-ring (bicyclic) bond motifs is 1. The van der Waals surface area contributed by atoms with Crippen LogP contribution in [0.25, 0.3) is 10.9 Å². The Morgan fingerprint density at radius 1 is 1.06 bits per heavy atom. The van der Waals surface area contributed by atoms with Crippen LogP contribution in [0, 0.1) is 18.8 Å². The van der Waals surface area contributed by atoms with E-state index in [1.165, 1.54) is 17.0 Å². The summed E-state index contributed by atoms with van der Waals surface area (Å²) in [6.45, 7) is 3.52. The highest BCUT2D eigenvalue weighted by Crippen LogP contribution is 2.30. The SMILES string of the molecule is CC#CC(=O)Nc1ccc2ncnc(Nc3ccc(Oc4ccn(C)c(=O)c4)c(C)c3)c2c1. The summed E-state index contributed by atoms with van der Waals surface area (Å²) in [7, 11) is 1.69. The lowest BCUT2D eigenvalue weighted by atomic mass is 10.1. The van der Waals surface area contributed by atoms with Crippen molar-refractivity contribution in [3.63, 3.8) is 0 Å². The number of carbonyl (C=O) groups excluding carboxylic acids is 1. The van der Waals surface area contributed by atoms with Gasteiger partial charge in [0.1, 0.15) is 23.6 Å². The predicted octanol–water partition coefficient (Wildman–Crippen LogP) is 4.13. The van der Waals surface area contributed by atoms with Crippen molar-refractivity contribution in [3.05, 3.63) is 77.0 Å². The van der Waals surface area contributed by atoms with Crippen LogP contribution in [0.1, 0.15) is 12.5 Å². The fraction of sp³-hybridized carbons (Fsp3) is 0.120.